The van der Waals surface area contributed by atoms with E-state index in [0.29, 0.717) is 5.52 Å². The first-order valence-electron chi connectivity index (χ1n) is 6.11. The summed E-state index contributed by atoms with van der Waals surface area (Å²) in [6, 6.07) is 5.72. The Morgan fingerprint density at radius 1 is 1.24 bits per heavy atom. The molecule has 0 saturated heterocycles. The molecule has 1 aromatic carbocycles. The van der Waals surface area contributed by atoms with Gasteiger partial charge >= 0.3 is 11.9 Å². The molecule has 0 saturated carbocycles. The Kier molecular flexibility index (Phi) is 4.17. The first-order chi connectivity index (χ1) is 9.97. The predicted octanol–water partition coefficient (Wildman–Crippen LogP) is 0.0804. The first kappa shape index (κ1) is 14.5. The molecule has 0 fully saturated rings. The molecule has 1 atom stereocenters. The van der Waals surface area contributed by atoms with Gasteiger partial charge in [-0.15, -0.1) is 0 Å². The number of rotatable bonds is 6. The highest BCUT2D eigenvalue weighted by atomic mass is 16.4. The molecule has 0 aliphatic rings. The number of carboxylic acids is 2. The van der Waals surface area contributed by atoms with E-state index < -0.39 is 30.3 Å². The second-order valence-corrected chi connectivity index (χ2v) is 4.42. The number of para-hydroxylation sites is 2. The van der Waals surface area contributed by atoms with Crippen molar-refractivity contribution in [3.63, 3.8) is 0 Å². The van der Waals surface area contributed by atoms with Crippen LogP contribution in [0.3, 0.4) is 0 Å². The molecule has 8 nitrogen and oxygen atoms in total. The standard InChI is InChI=1S/C13H13N3O5/c17-11(15-9(13(20)21)5-12(18)19)6-16-7-14-8-3-1-2-4-10(8)16/h1-4,7,9H,5-6H2,(H,15,17)(H,18,19)(H,20,21). The van der Waals surface area contributed by atoms with E-state index in [9.17, 15) is 14.4 Å². The van der Waals surface area contributed by atoms with Gasteiger partial charge in [0.05, 0.1) is 23.8 Å². The van der Waals surface area contributed by atoms with Gasteiger partial charge < -0.3 is 20.1 Å². The maximum Gasteiger partial charge on any atom is 0.326 e. The highest BCUT2D eigenvalue weighted by Gasteiger charge is 2.23. The fourth-order valence-electron chi connectivity index (χ4n) is 1.91. The van der Waals surface area contributed by atoms with Crippen LogP contribution >= 0.6 is 0 Å². The number of benzene rings is 1. The molecule has 3 N–H and O–H groups in total. The van der Waals surface area contributed by atoms with E-state index in [0.717, 1.165) is 5.52 Å². The Bertz CT molecular complexity index is 694. The van der Waals surface area contributed by atoms with Gasteiger partial charge in [-0.2, -0.15) is 0 Å². The molecule has 0 radical (unpaired) electrons. The van der Waals surface area contributed by atoms with Gasteiger partial charge in [-0.1, -0.05) is 12.1 Å². The van der Waals surface area contributed by atoms with Crippen LogP contribution in [0, 0.1) is 0 Å². The minimum atomic E-state index is -1.45. The van der Waals surface area contributed by atoms with E-state index in [1.54, 1.807) is 22.8 Å². The molecule has 21 heavy (non-hydrogen) atoms. The second kappa shape index (κ2) is 6.04. The highest BCUT2D eigenvalue weighted by Crippen LogP contribution is 2.11. The summed E-state index contributed by atoms with van der Waals surface area (Å²) < 4.78 is 1.56. The maximum atomic E-state index is 11.8. The summed E-state index contributed by atoms with van der Waals surface area (Å²) in [5, 5.41) is 19.7. The van der Waals surface area contributed by atoms with Crippen molar-refractivity contribution in [3.8, 4) is 0 Å². The van der Waals surface area contributed by atoms with Crippen LogP contribution in [0.5, 0.6) is 0 Å². The summed E-state index contributed by atoms with van der Waals surface area (Å²) in [4.78, 5) is 37.4. The van der Waals surface area contributed by atoms with Crippen LogP contribution in [0.1, 0.15) is 6.42 Å². The number of carbonyl (C=O) groups is 3. The molecule has 0 bridgehead atoms. The van der Waals surface area contributed by atoms with Crippen molar-refractivity contribution in [3.05, 3.63) is 30.6 Å². The van der Waals surface area contributed by atoms with E-state index in [-0.39, 0.29) is 6.54 Å². The third kappa shape index (κ3) is 3.56. The average molecular weight is 291 g/mol. The monoisotopic (exact) mass is 291 g/mol. The molecule has 1 amide bonds. The number of imidazole rings is 1. The third-order valence-corrected chi connectivity index (χ3v) is 2.85. The topological polar surface area (TPSA) is 122 Å². The van der Waals surface area contributed by atoms with E-state index in [4.69, 9.17) is 10.2 Å². The number of nitrogens with zero attached hydrogens (tertiary/aromatic N) is 2. The van der Waals surface area contributed by atoms with Crippen molar-refractivity contribution >= 4 is 28.9 Å². The van der Waals surface area contributed by atoms with Crippen molar-refractivity contribution in [1.82, 2.24) is 14.9 Å². The molecule has 0 aliphatic carbocycles. The van der Waals surface area contributed by atoms with E-state index in [1.165, 1.54) is 6.33 Å². The lowest BCUT2D eigenvalue weighted by Gasteiger charge is -2.12. The van der Waals surface area contributed by atoms with Crippen LogP contribution in [-0.4, -0.2) is 43.7 Å². The van der Waals surface area contributed by atoms with Gasteiger partial charge in [0.1, 0.15) is 12.6 Å². The molecule has 2 rings (SSSR count). The van der Waals surface area contributed by atoms with Gasteiger partial charge in [-0.05, 0) is 12.1 Å². The van der Waals surface area contributed by atoms with Gasteiger partial charge in [0, 0.05) is 0 Å². The zero-order valence-corrected chi connectivity index (χ0v) is 10.9. The van der Waals surface area contributed by atoms with Gasteiger partial charge in [0.2, 0.25) is 5.91 Å². The van der Waals surface area contributed by atoms with E-state index in [1.807, 2.05) is 6.07 Å². The Morgan fingerprint density at radius 3 is 2.62 bits per heavy atom. The molecular weight excluding hydrogens is 278 g/mol. The van der Waals surface area contributed by atoms with Crippen LogP contribution in [0.15, 0.2) is 30.6 Å². The maximum absolute atomic E-state index is 11.8. The normalized spacial score (nSPS) is 12.0. The van der Waals surface area contributed by atoms with Gasteiger partial charge in [0.15, 0.2) is 0 Å². The number of amides is 1. The van der Waals surface area contributed by atoms with Gasteiger partial charge in [0.25, 0.3) is 0 Å². The molecule has 1 unspecified atom stereocenters. The minimum absolute atomic E-state index is 0.135. The number of carboxylic acid groups (broad SMARTS) is 2. The highest BCUT2D eigenvalue weighted by molar-refractivity contribution is 5.87. The van der Waals surface area contributed by atoms with Crippen molar-refractivity contribution in [2.45, 2.75) is 19.0 Å². The fraction of sp³-hybridized carbons (Fsp3) is 0.231. The molecule has 1 aromatic heterocycles. The second-order valence-electron chi connectivity index (χ2n) is 4.42. The molecule has 1 heterocycles. The van der Waals surface area contributed by atoms with Crippen LogP contribution in [0.2, 0.25) is 0 Å². The lowest BCUT2D eigenvalue weighted by atomic mass is 10.2. The summed E-state index contributed by atoms with van der Waals surface area (Å²) in [6.07, 6.45) is 0.795. The molecule has 110 valence electrons. The summed E-state index contributed by atoms with van der Waals surface area (Å²) in [7, 11) is 0. The molecule has 0 aliphatic heterocycles. The predicted molar refractivity (Wildman–Crippen MR) is 71.6 cm³/mol. The number of hydrogen-bond acceptors (Lipinski definition) is 4. The van der Waals surface area contributed by atoms with Gasteiger partial charge in [-0.3, -0.25) is 9.59 Å². The van der Waals surface area contributed by atoms with Crippen LogP contribution in [0.4, 0.5) is 0 Å². The molecule has 8 heteroatoms. The Hall–Kier alpha value is -2.90. The Balaban J connectivity index is 2.07. The van der Waals surface area contributed by atoms with Gasteiger partial charge in [-0.25, -0.2) is 9.78 Å². The van der Waals surface area contributed by atoms with Crippen molar-refractivity contribution in [2.24, 2.45) is 0 Å². The van der Waals surface area contributed by atoms with Crippen LogP contribution in [-0.2, 0) is 20.9 Å². The number of hydrogen-bond donors (Lipinski definition) is 3. The summed E-state index contributed by atoms with van der Waals surface area (Å²) in [5.41, 5.74) is 1.45. The zero-order valence-electron chi connectivity index (χ0n) is 10.9. The molecular formula is C13H13N3O5. The summed E-state index contributed by atoms with van der Waals surface area (Å²) in [6.45, 7) is -0.135. The number of aliphatic carboxylic acids is 2. The van der Waals surface area contributed by atoms with Crippen molar-refractivity contribution in [2.75, 3.05) is 0 Å². The van der Waals surface area contributed by atoms with E-state index in [2.05, 4.69) is 10.3 Å². The lowest BCUT2D eigenvalue weighted by molar-refractivity contribution is -0.147. The summed E-state index contributed by atoms with van der Waals surface area (Å²) >= 11 is 0. The number of nitrogens with one attached hydrogen (secondary N) is 1. The SMILES string of the molecule is O=C(O)CC(NC(=O)Cn1cnc2ccccc21)C(=O)O. The number of aromatic nitrogens is 2. The largest absolute Gasteiger partial charge is 0.481 e. The van der Waals surface area contributed by atoms with Crippen LogP contribution < -0.4 is 5.32 Å². The minimum Gasteiger partial charge on any atom is -0.481 e. The molecule has 0 spiro atoms. The molecule has 2 aromatic rings. The van der Waals surface area contributed by atoms with Crippen molar-refractivity contribution < 1.29 is 24.6 Å². The van der Waals surface area contributed by atoms with Crippen molar-refractivity contribution in [1.29, 1.82) is 0 Å². The lowest BCUT2D eigenvalue weighted by Crippen LogP contribution is -2.43. The average Bonchev–Trinajstić information content (AvgIpc) is 2.81. The quantitative estimate of drug-likeness (QED) is 0.693. The smallest absolute Gasteiger partial charge is 0.326 e. The summed E-state index contributed by atoms with van der Waals surface area (Å²) in [5.74, 6) is -3.27. The van der Waals surface area contributed by atoms with Crippen LogP contribution in [0.25, 0.3) is 11.0 Å². The fourth-order valence-corrected chi connectivity index (χ4v) is 1.91. The Labute approximate surface area is 119 Å². The number of carbonyl (C=O) groups excluding carboxylic acids is 1. The Morgan fingerprint density at radius 2 is 1.95 bits per heavy atom. The number of fused-ring (bicyclic) bond motifs is 1. The van der Waals surface area contributed by atoms with E-state index >= 15 is 0 Å². The third-order valence-electron chi connectivity index (χ3n) is 2.85. The zero-order chi connectivity index (χ0) is 15.4. The first-order valence-corrected chi connectivity index (χ1v) is 6.11.